The van der Waals surface area contributed by atoms with Crippen LogP contribution in [0.4, 0.5) is 0 Å². The lowest BCUT2D eigenvalue weighted by atomic mass is 10.5. The summed E-state index contributed by atoms with van der Waals surface area (Å²) in [4.78, 5) is 0. The van der Waals surface area contributed by atoms with Gasteiger partial charge < -0.3 is 0 Å². The summed E-state index contributed by atoms with van der Waals surface area (Å²) in [6.07, 6.45) is 0.939. The Kier molecular flexibility index (Phi) is 8.66. The van der Waals surface area contributed by atoms with Crippen molar-refractivity contribution in [2.75, 3.05) is 19.8 Å². The molecule has 0 saturated carbocycles. The van der Waals surface area contributed by atoms with E-state index in [0.29, 0.717) is 19.8 Å². The molecule has 0 rings (SSSR count). The highest BCUT2D eigenvalue weighted by atomic mass is 31.2. The molecule has 4 nitrogen and oxygen atoms in total. The monoisotopic (exact) mass is 254 g/mol. The van der Waals surface area contributed by atoms with E-state index in [1.165, 1.54) is 6.04 Å². The molecule has 0 aromatic heterocycles. The second-order valence-corrected chi connectivity index (χ2v) is 8.69. The maximum Gasteiger partial charge on any atom is 0.474 e. The highest BCUT2D eigenvalue weighted by molar-refractivity contribution is 7.48. The van der Waals surface area contributed by atoms with E-state index in [4.69, 9.17) is 13.6 Å². The molecule has 6 heteroatoms. The Bertz CT molecular complexity index is 189. The van der Waals surface area contributed by atoms with E-state index in [9.17, 15) is 4.57 Å². The van der Waals surface area contributed by atoms with Crippen molar-refractivity contribution in [3.05, 3.63) is 0 Å². The summed E-state index contributed by atoms with van der Waals surface area (Å²) in [6, 6.07) is 1.19. The molecule has 0 N–H and O–H groups in total. The molecule has 0 atom stereocenters. The first kappa shape index (κ1) is 15.3. The Morgan fingerprint density at radius 2 is 1.60 bits per heavy atom. The fraction of sp³-hybridized carbons (Fsp3) is 1.00. The Hall–Kier alpha value is 0.327. The summed E-state index contributed by atoms with van der Waals surface area (Å²) in [5.74, 6) is 0. The van der Waals surface area contributed by atoms with E-state index in [1.807, 2.05) is 0 Å². The van der Waals surface area contributed by atoms with E-state index >= 15 is 0 Å². The summed E-state index contributed by atoms with van der Waals surface area (Å²) in [5, 5.41) is 0. The SMILES string of the molecule is CCOP(=O)(OCC)OCCC[SiH](C)C. The third-order valence-electron chi connectivity index (χ3n) is 1.75. The maximum atomic E-state index is 11.8. The summed E-state index contributed by atoms with van der Waals surface area (Å²) < 4.78 is 27.0. The van der Waals surface area contributed by atoms with Gasteiger partial charge in [-0.1, -0.05) is 19.1 Å². The predicted molar refractivity (Wildman–Crippen MR) is 65.1 cm³/mol. The van der Waals surface area contributed by atoms with Crippen LogP contribution < -0.4 is 0 Å². The van der Waals surface area contributed by atoms with Crippen LogP contribution in [-0.2, 0) is 18.1 Å². The van der Waals surface area contributed by atoms with Gasteiger partial charge in [0.15, 0.2) is 0 Å². The molecule has 0 bridgehead atoms. The van der Waals surface area contributed by atoms with Gasteiger partial charge >= 0.3 is 7.82 Å². The van der Waals surface area contributed by atoms with Gasteiger partial charge in [0.05, 0.1) is 19.8 Å². The predicted octanol–water partition coefficient (Wildman–Crippen LogP) is 3.06. The molecular formula is C9H23O4PSi. The lowest BCUT2D eigenvalue weighted by molar-refractivity contribution is 0.122. The average molecular weight is 254 g/mol. The smallest absolute Gasteiger partial charge is 0.287 e. The second kappa shape index (κ2) is 8.48. The van der Waals surface area contributed by atoms with Crippen molar-refractivity contribution in [1.29, 1.82) is 0 Å². The maximum absolute atomic E-state index is 11.8. The Balaban J connectivity index is 3.80. The van der Waals surface area contributed by atoms with E-state index in [0.717, 1.165) is 6.42 Å². The average Bonchev–Trinajstić information content (AvgIpc) is 2.13. The molecule has 0 fully saturated rings. The van der Waals surface area contributed by atoms with Crippen LogP contribution in [0, 0.1) is 0 Å². The van der Waals surface area contributed by atoms with E-state index in [-0.39, 0.29) is 0 Å². The molecule has 0 aliphatic rings. The number of hydrogen-bond donors (Lipinski definition) is 0. The minimum absolute atomic E-state index is 0.343. The van der Waals surface area contributed by atoms with Crippen molar-refractivity contribution < 1.29 is 18.1 Å². The molecular weight excluding hydrogens is 231 g/mol. The van der Waals surface area contributed by atoms with Crippen molar-refractivity contribution in [3.63, 3.8) is 0 Å². The lowest BCUT2D eigenvalue weighted by Gasteiger charge is -2.16. The quantitative estimate of drug-likeness (QED) is 0.360. The van der Waals surface area contributed by atoms with Gasteiger partial charge in [0, 0.05) is 8.80 Å². The standard InChI is InChI=1S/C9H23O4PSi/c1-5-11-14(10,12-6-2)13-8-7-9-15(3)4/h15H,5-9H2,1-4H3. The van der Waals surface area contributed by atoms with Crippen molar-refractivity contribution in [2.24, 2.45) is 0 Å². The van der Waals surface area contributed by atoms with Crippen LogP contribution >= 0.6 is 7.82 Å². The first-order valence-corrected chi connectivity index (χ1v) is 10.2. The van der Waals surface area contributed by atoms with Crippen molar-refractivity contribution >= 4 is 16.6 Å². The normalized spacial score (nSPS) is 12.3. The van der Waals surface area contributed by atoms with Gasteiger partial charge in [-0.3, -0.25) is 13.6 Å². The molecule has 0 saturated heterocycles. The zero-order chi connectivity index (χ0) is 11.7. The van der Waals surface area contributed by atoms with Crippen molar-refractivity contribution in [3.8, 4) is 0 Å². The van der Waals surface area contributed by atoms with Crippen LogP contribution in [0.2, 0.25) is 19.1 Å². The minimum atomic E-state index is -3.26. The molecule has 0 aliphatic carbocycles. The Morgan fingerprint density at radius 3 is 2.00 bits per heavy atom. The second-order valence-electron chi connectivity index (χ2n) is 3.65. The van der Waals surface area contributed by atoms with Gasteiger partial charge in [0.2, 0.25) is 0 Å². The van der Waals surface area contributed by atoms with Crippen molar-refractivity contribution in [1.82, 2.24) is 0 Å². The molecule has 0 heterocycles. The van der Waals surface area contributed by atoms with Gasteiger partial charge in [0.25, 0.3) is 0 Å². The van der Waals surface area contributed by atoms with E-state index in [1.54, 1.807) is 13.8 Å². The van der Waals surface area contributed by atoms with Gasteiger partial charge in [-0.15, -0.1) is 0 Å². The first-order valence-electron chi connectivity index (χ1n) is 5.57. The van der Waals surface area contributed by atoms with Crippen LogP contribution in [0.25, 0.3) is 0 Å². The molecule has 0 aromatic carbocycles. The van der Waals surface area contributed by atoms with E-state index < -0.39 is 16.6 Å². The Labute approximate surface area is 94.5 Å². The molecule has 0 radical (unpaired) electrons. The van der Waals surface area contributed by atoms with Gasteiger partial charge in [-0.05, 0) is 20.3 Å². The number of hydrogen-bond acceptors (Lipinski definition) is 4. The molecule has 0 spiro atoms. The van der Waals surface area contributed by atoms with Crippen LogP contribution in [0.15, 0.2) is 0 Å². The van der Waals surface area contributed by atoms with Crippen LogP contribution in [0.5, 0.6) is 0 Å². The van der Waals surface area contributed by atoms with Gasteiger partial charge in [0.1, 0.15) is 0 Å². The zero-order valence-corrected chi connectivity index (χ0v) is 12.2. The minimum Gasteiger partial charge on any atom is -0.287 e. The lowest BCUT2D eigenvalue weighted by Crippen LogP contribution is -2.04. The van der Waals surface area contributed by atoms with Crippen LogP contribution in [-0.4, -0.2) is 28.6 Å². The number of rotatable bonds is 9. The van der Waals surface area contributed by atoms with Gasteiger partial charge in [-0.25, -0.2) is 4.57 Å². The fourth-order valence-electron chi connectivity index (χ4n) is 1.10. The van der Waals surface area contributed by atoms with Crippen LogP contribution in [0.1, 0.15) is 20.3 Å². The number of phosphoric ester groups is 1. The molecule has 0 amide bonds. The van der Waals surface area contributed by atoms with Crippen molar-refractivity contribution in [2.45, 2.75) is 39.4 Å². The van der Waals surface area contributed by atoms with Gasteiger partial charge in [-0.2, -0.15) is 0 Å². The highest BCUT2D eigenvalue weighted by Gasteiger charge is 2.24. The van der Waals surface area contributed by atoms with E-state index in [2.05, 4.69) is 13.1 Å². The highest BCUT2D eigenvalue weighted by Crippen LogP contribution is 2.49. The Morgan fingerprint density at radius 1 is 1.07 bits per heavy atom. The number of phosphoric acid groups is 1. The largest absolute Gasteiger partial charge is 0.474 e. The topological polar surface area (TPSA) is 44.8 Å². The first-order chi connectivity index (χ1) is 7.04. The molecule has 15 heavy (non-hydrogen) atoms. The summed E-state index contributed by atoms with van der Waals surface area (Å²) >= 11 is 0. The molecule has 0 aromatic rings. The fourth-order valence-corrected chi connectivity index (χ4v) is 3.29. The summed E-state index contributed by atoms with van der Waals surface area (Å²) in [5.41, 5.74) is 0. The van der Waals surface area contributed by atoms with Crippen LogP contribution in [0.3, 0.4) is 0 Å². The molecule has 0 aliphatic heterocycles. The molecule has 92 valence electrons. The summed E-state index contributed by atoms with van der Waals surface area (Å²) in [6.45, 7) is 9.26. The third kappa shape index (κ3) is 8.17. The summed E-state index contributed by atoms with van der Waals surface area (Å²) in [7, 11) is -3.80. The zero-order valence-electron chi connectivity index (χ0n) is 10.2. The third-order valence-corrected chi connectivity index (χ3v) is 4.96. The molecule has 0 unspecified atom stereocenters.